The first-order valence-corrected chi connectivity index (χ1v) is 13.5. The lowest BCUT2D eigenvalue weighted by Crippen LogP contribution is -2.50. The van der Waals surface area contributed by atoms with E-state index in [-0.39, 0.29) is 30.0 Å². The molecule has 2 aliphatic heterocycles. The fraction of sp³-hybridized carbons (Fsp3) is 0.483. The number of hydrogen-bond donors (Lipinski definition) is 4. The SMILES string of the molecule is O=C(Cc1ccc(F)cc1)N(Cc1ccc(F)cc1)C1CCN(C2CCOCC2)CC1.O=C(O)C(O)C(O)C(=O)O. The van der Waals surface area contributed by atoms with Crippen LogP contribution in [-0.2, 0) is 32.1 Å². The zero-order valence-electron chi connectivity index (χ0n) is 22.6. The zero-order valence-corrected chi connectivity index (χ0v) is 22.6. The van der Waals surface area contributed by atoms with Gasteiger partial charge in [-0.3, -0.25) is 4.79 Å². The Morgan fingerprint density at radius 3 is 1.73 bits per heavy atom. The van der Waals surface area contributed by atoms with Gasteiger partial charge in [0, 0.05) is 44.9 Å². The van der Waals surface area contributed by atoms with Gasteiger partial charge in [-0.25, -0.2) is 18.4 Å². The number of carbonyl (C=O) groups is 3. The van der Waals surface area contributed by atoms with Crippen molar-refractivity contribution in [2.45, 2.75) is 62.9 Å². The standard InChI is InChI=1S/C25H30F2N2O2.C4H6O6/c26-21-5-1-19(2-6-21)17-25(30)29(18-20-3-7-22(27)8-4-20)24-9-13-28(14-10-24)23-11-15-31-16-12-23;5-1(3(7)8)2(6)4(9)10/h1-8,23-24H,9-18H2;1-2,5-6H,(H,7,8)(H,9,10). The van der Waals surface area contributed by atoms with Crippen LogP contribution in [0.4, 0.5) is 8.78 Å². The van der Waals surface area contributed by atoms with E-state index in [2.05, 4.69) is 4.90 Å². The second-order valence-corrected chi connectivity index (χ2v) is 10.1. The minimum Gasteiger partial charge on any atom is -0.479 e. The van der Waals surface area contributed by atoms with E-state index in [0.29, 0.717) is 12.6 Å². The van der Waals surface area contributed by atoms with Gasteiger partial charge in [0.05, 0.1) is 6.42 Å². The molecule has 0 aromatic heterocycles. The summed E-state index contributed by atoms with van der Waals surface area (Å²) < 4.78 is 32.1. The molecule has 0 spiro atoms. The smallest absolute Gasteiger partial charge is 0.335 e. The third-order valence-corrected chi connectivity index (χ3v) is 7.31. The second-order valence-electron chi connectivity index (χ2n) is 10.1. The maximum absolute atomic E-state index is 13.4. The summed E-state index contributed by atoms with van der Waals surface area (Å²) in [6, 6.07) is 13.2. The highest BCUT2D eigenvalue weighted by Gasteiger charge is 2.31. The number of amides is 1. The molecule has 0 saturated carbocycles. The van der Waals surface area contributed by atoms with Crippen molar-refractivity contribution in [3.8, 4) is 0 Å². The molecule has 2 aliphatic rings. The van der Waals surface area contributed by atoms with E-state index >= 15 is 0 Å². The highest BCUT2D eigenvalue weighted by Crippen LogP contribution is 2.25. The lowest BCUT2D eigenvalue weighted by atomic mass is 9.97. The number of aliphatic hydroxyl groups is 2. The molecular weight excluding hydrogens is 542 g/mol. The molecule has 1 amide bonds. The fourth-order valence-electron chi connectivity index (χ4n) is 4.97. The quantitative estimate of drug-likeness (QED) is 0.351. The third kappa shape index (κ3) is 9.85. The van der Waals surface area contributed by atoms with Gasteiger partial charge in [-0.15, -0.1) is 0 Å². The van der Waals surface area contributed by atoms with Crippen molar-refractivity contribution in [3.63, 3.8) is 0 Å². The van der Waals surface area contributed by atoms with Gasteiger partial charge < -0.3 is 35.0 Å². The molecule has 2 heterocycles. The maximum Gasteiger partial charge on any atom is 0.335 e. The minimum absolute atomic E-state index is 0.0282. The third-order valence-electron chi connectivity index (χ3n) is 7.31. The number of aliphatic hydroxyl groups excluding tert-OH is 2. The van der Waals surface area contributed by atoms with E-state index in [4.69, 9.17) is 25.2 Å². The summed E-state index contributed by atoms with van der Waals surface area (Å²) in [6.07, 6.45) is -0.292. The highest BCUT2D eigenvalue weighted by molar-refractivity contribution is 5.83. The second kappa shape index (κ2) is 15.5. The Labute approximate surface area is 236 Å². The number of hydrogen-bond acceptors (Lipinski definition) is 7. The molecule has 2 atom stereocenters. The van der Waals surface area contributed by atoms with Crippen LogP contribution >= 0.6 is 0 Å². The van der Waals surface area contributed by atoms with Crippen molar-refractivity contribution in [2.24, 2.45) is 0 Å². The van der Waals surface area contributed by atoms with Crippen LogP contribution in [0, 0.1) is 11.6 Å². The van der Waals surface area contributed by atoms with Crippen LogP contribution in [0.25, 0.3) is 0 Å². The number of likely N-dealkylation sites (tertiary alicyclic amines) is 1. The van der Waals surface area contributed by atoms with Gasteiger partial charge in [-0.05, 0) is 61.1 Å². The maximum atomic E-state index is 13.4. The van der Waals surface area contributed by atoms with E-state index in [1.807, 2.05) is 4.90 Å². The van der Waals surface area contributed by atoms with Crippen LogP contribution in [0.15, 0.2) is 48.5 Å². The van der Waals surface area contributed by atoms with Crippen molar-refractivity contribution in [2.75, 3.05) is 26.3 Å². The molecule has 0 bridgehead atoms. The summed E-state index contributed by atoms with van der Waals surface area (Å²) in [5, 5.41) is 32.5. The number of carboxylic acids is 2. The van der Waals surface area contributed by atoms with Crippen LogP contribution in [-0.4, -0.2) is 98.7 Å². The van der Waals surface area contributed by atoms with Crippen LogP contribution in [0.5, 0.6) is 0 Å². The van der Waals surface area contributed by atoms with Crippen LogP contribution in [0.2, 0.25) is 0 Å². The topological polar surface area (TPSA) is 148 Å². The number of carbonyl (C=O) groups excluding carboxylic acids is 1. The molecule has 2 unspecified atom stereocenters. The number of ether oxygens (including phenoxy) is 1. The normalized spacial score (nSPS) is 18.0. The summed E-state index contributed by atoms with van der Waals surface area (Å²) in [5.41, 5.74) is 1.72. The first-order chi connectivity index (χ1) is 19.5. The Bertz CT molecular complexity index is 1120. The molecule has 2 saturated heterocycles. The monoisotopic (exact) mass is 578 g/mol. The number of halogens is 2. The molecule has 0 radical (unpaired) electrons. The number of piperidine rings is 1. The summed E-state index contributed by atoms with van der Waals surface area (Å²) in [7, 11) is 0. The Morgan fingerprint density at radius 1 is 0.805 bits per heavy atom. The summed E-state index contributed by atoms with van der Waals surface area (Å²) in [5.74, 6) is -4.09. The summed E-state index contributed by atoms with van der Waals surface area (Å²) in [4.78, 5) is 37.3. The van der Waals surface area contributed by atoms with Gasteiger partial charge in [-0.1, -0.05) is 24.3 Å². The Kier molecular flexibility index (Phi) is 12.1. The fourth-order valence-corrected chi connectivity index (χ4v) is 4.97. The van der Waals surface area contributed by atoms with Crippen LogP contribution in [0.1, 0.15) is 36.8 Å². The van der Waals surface area contributed by atoms with Crippen molar-refractivity contribution in [1.82, 2.24) is 9.80 Å². The molecule has 0 aliphatic carbocycles. The first-order valence-electron chi connectivity index (χ1n) is 13.5. The first kappa shape index (κ1) is 32.1. The largest absolute Gasteiger partial charge is 0.479 e. The van der Waals surface area contributed by atoms with Gasteiger partial charge in [0.2, 0.25) is 5.91 Å². The van der Waals surface area contributed by atoms with Crippen molar-refractivity contribution < 1.29 is 48.3 Å². The molecule has 2 aromatic carbocycles. The van der Waals surface area contributed by atoms with Crippen molar-refractivity contribution in [1.29, 1.82) is 0 Å². The Balaban J connectivity index is 0.000000397. The van der Waals surface area contributed by atoms with E-state index in [1.165, 1.54) is 24.3 Å². The summed E-state index contributed by atoms with van der Waals surface area (Å²) in [6.45, 7) is 4.06. The van der Waals surface area contributed by atoms with Gasteiger partial charge in [0.15, 0.2) is 12.2 Å². The van der Waals surface area contributed by atoms with E-state index < -0.39 is 24.1 Å². The average molecular weight is 579 g/mol. The van der Waals surface area contributed by atoms with Crippen LogP contribution in [0.3, 0.4) is 0 Å². The molecule has 10 nitrogen and oxygen atoms in total. The predicted molar refractivity (Wildman–Crippen MR) is 143 cm³/mol. The predicted octanol–water partition coefficient (Wildman–Crippen LogP) is 2.06. The lowest BCUT2D eigenvalue weighted by molar-refractivity contribution is -0.165. The number of rotatable bonds is 9. The van der Waals surface area contributed by atoms with Crippen molar-refractivity contribution in [3.05, 3.63) is 71.3 Å². The molecule has 4 rings (SSSR count). The number of nitrogens with zero attached hydrogens (tertiary/aromatic N) is 2. The lowest BCUT2D eigenvalue weighted by Gasteiger charge is -2.42. The van der Waals surface area contributed by atoms with Gasteiger partial charge in [0.1, 0.15) is 11.6 Å². The zero-order chi connectivity index (χ0) is 29.9. The molecule has 12 heteroatoms. The molecule has 2 fully saturated rings. The average Bonchev–Trinajstić information content (AvgIpc) is 2.98. The highest BCUT2D eigenvalue weighted by atomic mass is 19.1. The molecule has 41 heavy (non-hydrogen) atoms. The van der Waals surface area contributed by atoms with Crippen molar-refractivity contribution >= 4 is 17.8 Å². The van der Waals surface area contributed by atoms with E-state index in [0.717, 1.165) is 63.1 Å². The van der Waals surface area contributed by atoms with E-state index in [9.17, 15) is 23.2 Å². The summed E-state index contributed by atoms with van der Waals surface area (Å²) >= 11 is 0. The molecule has 2 aromatic rings. The number of carboxylic acid groups (broad SMARTS) is 2. The minimum atomic E-state index is -2.27. The van der Waals surface area contributed by atoms with Gasteiger partial charge in [0.25, 0.3) is 0 Å². The number of aliphatic carboxylic acids is 2. The molecular formula is C29H36F2N2O8. The number of benzene rings is 2. The molecule has 224 valence electrons. The Morgan fingerprint density at radius 2 is 1.27 bits per heavy atom. The van der Waals surface area contributed by atoms with E-state index in [1.54, 1.807) is 24.3 Å². The van der Waals surface area contributed by atoms with Crippen LogP contribution < -0.4 is 0 Å². The Hall–Kier alpha value is -3.45. The van der Waals surface area contributed by atoms with Gasteiger partial charge in [-0.2, -0.15) is 0 Å². The molecule has 4 N–H and O–H groups in total. The van der Waals surface area contributed by atoms with Gasteiger partial charge >= 0.3 is 11.9 Å².